The molecule has 1 saturated heterocycles. The van der Waals surface area contributed by atoms with E-state index < -0.39 is 0 Å². The first-order valence-electron chi connectivity index (χ1n) is 7.79. The van der Waals surface area contributed by atoms with E-state index in [1.165, 1.54) is 12.0 Å². The number of likely N-dealkylation sites (tertiary alicyclic amines) is 1. The molecule has 2 rings (SSSR count). The number of nitrogens with two attached hydrogens (primary N) is 1. The van der Waals surface area contributed by atoms with Crippen molar-refractivity contribution in [1.29, 1.82) is 0 Å². The van der Waals surface area contributed by atoms with Crippen molar-refractivity contribution in [1.82, 2.24) is 4.90 Å². The molecule has 2 N–H and O–H groups in total. The Labute approximate surface area is 122 Å². The summed E-state index contributed by atoms with van der Waals surface area (Å²) >= 11 is 0. The van der Waals surface area contributed by atoms with Crippen LogP contribution in [0.15, 0.2) is 30.3 Å². The first-order valence-corrected chi connectivity index (χ1v) is 7.79. The van der Waals surface area contributed by atoms with Crippen LogP contribution in [0.3, 0.4) is 0 Å². The molecule has 0 radical (unpaired) electrons. The first kappa shape index (κ1) is 15.0. The van der Waals surface area contributed by atoms with Gasteiger partial charge in [-0.1, -0.05) is 43.7 Å². The van der Waals surface area contributed by atoms with Crippen molar-refractivity contribution < 1.29 is 4.79 Å². The Bertz CT molecular complexity index is 418. The Hall–Kier alpha value is -1.35. The monoisotopic (exact) mass is 274 g/mol. The highest BCUT2D eigenvalue weighted by Crippen LogP contribution is 2.20. The number of carbonyl (C=O) groups is 1. The Morgan fingerprint density at radius 1 is 1.40 bits per heavy atom. The molecule has 1 heterocycles. The number of nitrogens with zero attached hydrogens (tertiary/aromatic N) is 1. The molecular formula is C17H26N2O. The van der Waals surface area contributed by atoms with Crippen LogP contribution in [0.1, 0.15) is 38.2 Å². The van der Waals surface area contributed by atoms with E-state index in [0.29, 0.717) is 5.92 Å². The Kier molecular flexibility index (Phi) is 5.60. The molecule has 20 heavy (non-hydrogen) atoms. The molecular weight excluding hydrogens is 248 g/mol. The lowest BCUT2D eigenvalue weighted by molar-refractivity contribution is -0.134. The van der Waals surface area contributed by atoms with Crippen LogP contribution in [-0.4, -0.2) is 29.9 Å². The van der Waals surface area contributed by atoms with E-state index >= 15 is 0 Å². The molecule has 1 fully saturated rings. The lowest BCUT2D eigenvalue weighted by Crippen LogP contribution is -2.48. The Balaban J connectivity index is 1.82. The molecule has 110 valence electrons. The van der Waals surface area contributed by atoms with Crippen LogP contribution < -0.4 is 5.73 Å². The number of hydrogen-bond donors (Lipinski definition) is 1. The highest BCUT2D eigenvalue weighted by atomic mass is 16.2. The fourth-order valence-electron chi connectivity index (χ4n) is 2.92. The van der Waals surface area contributed by atoms with E-state index in [1.54, 1.807) is 0 Å². The minimum absolute atomic E-state index is 0.138. The van der Waals surface area contributed by atoms with Gasteiger partial charge in [-0.05, 0) is 37.2 Å². The Morgan fingerprint density at radius 3 is 2.85 bits per heavy atom. The summed E-state index contributed by atoms with van der Waals surface area (Å²) in [6.45, 7) is 3.98. The maximum absolute atomic E-state index is 12.4. The summed E-state index contributed by atoms with van der Waals surface area (Å²) in [7, 11) is 0. The molecule has 0 bridgehead atoms. The van der Waals surface area contributed by atoms with Gasteiger partial charge in [0.15, 0.2) is 0 Å². The topological polar surface area (TPSA) is 46.3 Å². The van der Waals surface area contributed by atoms with Crippen LogP contribution >= 0.6 is 0 Å². The molecule has 1 aliphatic heterocycles. The van der Waals surface area contributed by atoms with Crippen molar-refractivity contribution in [3.05, 3.63) is 35.9 Å². The normalized spacial score (nSPS) is 20.7. The van der Waals surface area contributed by atoms with E-state index in [2.05, 4.69) is 19.1 Å². The van der Waals surface area contributed by atoms with Gasteiger partial charge in [-0.15, -0.1) is 0 Å². The average molecular weight is 274 g/mol. The van der Waals surface area contributed by atoms with Gasteiger partial charge in [-0.3, -0.25) is 4.79 Å². The third-order valence-corrected chi connectivity index (χ3v) is 4.31. The summed E-state index contributed by atoms with van der Waals surface area (Å²) < 4.78 is 0. The maximum atomic E-state index is 12.4. The summed E-state index contributed by atoms with van der Waals surface area (Å²) in [5.41, 5.74) is 7.34. The zero-order valence-corrected chi connectivity index (χ0v) is 12.4. The number of amides is 1. The predicted octanol–water partition coefficient (Wildman–Crippen LogP) is 2.60. The minimum Gasteiger partial charge on any atom is -0.341 e. The molecule has 2 atom stereocenters. The molecule has 1 amide bonds. The van der Waals surface area contributed by atoms with Gasteiger partial charge < -0.3 is 10.6 Å². The standard InChI is InChI=1S/C17H26N2O/c1-2-14-9-6-12-19(13-14)17(20)16(18)11-10-15-7-4-3-5-8-15/h3-5,7-8,14,16H,2,6,9-13,18H2,1H3/t14?,16-/m0/s1. The number of rotatable bonds is 5. The van der Waals surface area contributed by atoms with E-state index in [9.17, 15) is 4.79 Å². The second-order valence-corrected chi connectivity index (χ2v) is 5.83. The maximum Gasteiger partial charge on any atom is 0.239 e. The summed E-state index contributed by atoms with van der Waals surface area (Å²) in [6, 6.07) is 9.88. The molecule has 0 spiro atoms. The lowest BCUT2D eigenvalue weighted by Gasteiger charge is -2.34. The molecule has 1 aromatic rings. The molecule has 0 saturated carbocycles. The largest absolute Gasteiger partial charge is 0.341 e. The third-order valence-electron chi connectivity index (χ3n) is 4.31. The molecule has 3 heteroatoms. The highest BCUT2D eigenvalue weighted by molar-refractivity contribution is 5.81. The fraction of sp³-hybridized carbons (Fsp3) is 0.588. The third kappa shape index (κ3) is 4.07. The van der Waals surface area contributed by atoms with Crippen LogP contribution in [-0.2, 0) is 11.2 Å². The smallest absolute Gasteiger partial charge is 0.239 e. The van der Waals surface area contributed by atoms with Crippen LogP contribution in [0.25, 0.3) is 0 Å². The van der Waals surface area contributed by atoms with Crippen molar-refractivity contribution in [2.45, 2.75) is 45.1 Å². The zero-order chi connectivity index (χ0) is 14.4. The number of aryl methyl sites for hydroxylation is 1. The van der Waals surface area contributed by atoms with Crippen LogP contribution in [0, 0.1) is 5.92 Å². The number of benzene rings is 1. The van der Waals surface area contributed by atoms with E-state index in [1.807, 2.05) is 23.1 Å². The molecule has 0 aromatic heterocycles. The van der Waals surface area contributed by atoms with Gasteiger partial charge in [-0.25, -0.2) is 0 Å². The molecule has 1 unspecified atom stereocenters. The summed E-state index contributed by atoms with van der Waals surface area (Å²) in [5.74, 6) is 0.799. The quantitative estimate of drug-likeness (QED) is 0.897. The van der Waals surface area contributed by atoms with E-state index in [4.69, 9.17) is 5.73 Å². The van der Waals surface area contributed by atoms with Crippen molar-refractivity contribution in [3.63, 3.8) is 0 Å². The van der Waals surface area contributed by atoms with Gasteiger partial charge in [0.05, 0.1) is 6.04 Å². The highest BCUT2D eigenvalue weighted by Gasteiger charge is 2.26. The summed E-state index contributed by atoms with van der Waals surface area (Å²) in [4.78, 5) is 14.4. The second-order valence-electron chi connectivity index (χ2n) is 5.83. The number of hydrogen-bond acceptors (Lipinski definition) is 2. The molecule has 0 aliphatic carbocycles. The van der Waals surface area contributed by atoms with Crippen LogP contribution in [0.4, 0.5) is 0 Å². The van der Waals surface area contributed by atoms with Crippen molar-refractivity contribution in [2.24, 2.45) is 11.7 Å². The van der Waals surface area contributed by atoms with Gasteiger partial charge in [-0.2, -0.15) is 0 Å². The van der Waals surface area contributed by atoms with Gasteiger partial charge in [0, 0.05) is 13.1 Å². The summed E-state index contributed by atoms with van der Waals surface area (Å²) in [6.07, 6.45) is 5.13. The van der Waals surface area contributed by atoms with Crippen molar-refractivity contribution in [2.75, 3.05) is 13.1 Å². The van der Waals surface area contributed by atoms with Gasteiger partial charge in [0.25, 0.3) is 0 Å². The fourth-order valence-corrected chi connectivity index (χ4v) is 2.92. The van der Waals surface area contributed by atoms with Crippen LogP contribution in [0.5, 0.6) is 0 Å². The molecule has 1 aromatic carbocycles. The van der Waals surface area contributed by atoms with Gasteiger partial charge in [0.1, 0.15) is 0 Å². The minimum atomic E-state index is -0.356. The van der Waals surface area contributed by atoms with Crippen molar-refractivity contribution >= 4 is 5.91 Å². The number of carbonyl (C=O) groups excluding carboxylic acids is 1. The predicted molar refractivity (Wildman–Crippen MR) is 82.3 cm³/mol. The van der Waals surface area contributed by atoms with E-state index in [-0.39, 0.29) is 11.9 Å². The average Bonchev–Trinajstić information content (AvgIpc) is 2.53. The molecule has 3 nitrogen and oxygen atoms in total. The number of piperidine rings is 1. The SMILES string of the molecule is CCC1CCCN(C(=O)[C@@H](N)CCc2ccccc2)C1. The van der Waals surface area contributed by atoms with Crippen molar-refractivity contribution in [3.8, 4) is 0 Å². The first-order chi connectivity index (χ1) is 9.70. The van der Waals surface area contributed by atoms with E-state index in [0.717, 1.165) is 38.8 Å². The zero-order valence-electron chi connectivity index (χ0n) is 12.4. The summed E-state index contributed by atoms with van der Waals surface area (Å²) in [5, 5.41) is 0. The Morgan fingerprint density at radius 2 is 2.15 bits per heavy atom. The van der Waals surface area contributed by atoms with Gasteiger partial charge >= 0.3 is 0 Å². The second kappa shape index (κ2) is 7.44. The lowest BCUT2D eigenvalue weighted by atomic mass is 9.95. The van der Waals surface area contributed by atoms with Crippen LogP contribution in [0.2, 0.25) is 0 Å². The molecule has 1 aliphatic rings. The van der Waals surface area contributed by atoms with Gasteiger partial charge in [0.2, 0.25) is 5.91 Å².